The normalized spacial score (nSPS) is 18.9. The summed E-state index contributed by atoms with van der Waals surface area (Å²) in [5.74, 6) is 1.04. The van der Waals surface area contributed by atoms with Crippen molar-refractivity contribution in [2.24, 2.45) is 0 Å². The monoisotopic (exact) mass is 461 g/mol. The Morgan fingerprint density at radius 1 is 1.10 bits per heavy atom. The minimum absolute atomic E-state index is 0.280. The van der Waals surface area contributed by atoms with Crippen LogP contribution in [-0.2, 0) is 22.3 Å². The molecule has 2 heterocycles. The van der Waals surface area contributed by atoms with Gasteiger partial charge in [-0.2, -0.15) is 0 Å². The predicted molar refractivity (Wildman–Crippen MR) is 112 cm³/mol. The highest BCUT2D eigenvalue weighted by Gasteiger charge is 2.41. The minimum atomic E-state index is -1.07. The molecule has 6 nitrogen and oxygen atoms in total. The van der Waals surface area contributed by atoms with Gasteiger partial charge in [-0.25, -0.2) is 4.79 Å². The lowest BCUT2D eigenvalue weighted by atomic mass is 9.90. The average Bonchev–Trinajstić information content (AvgIpc) is 2.66. The summed E-state index contributed by atoms with van der Waals surface area (Å²) in [6.45, 7) is 4.22. The maximum Gasteiger partial charge on any atom is 0.405 e. The second-order valence-corrected chi connectivity index (χ2v) is 9.08. The highest BCUT2D eigenvalue weighted by atomic mass is 79.9. The van der Waals surface area contributed by atoms with Gasteiger partial charge >= 0.3 is 6.09 Å². The second-order valence-electron chi connectivity index (χ2n) is 8.16. The quantitative estimate of drug-likeness (QED) is 0.579. The highest BCUT2D eigenvalue weighted by Crippen LogP contribution is 2.38. The topological polar surface area (TPSA) is 77.0 Å². The van der Waals surface area contributed by atoms with Gasteiger partial charge in [-0.15, -0.1) is 0 Å². The number of ether oxygens (including phenoxy) is 3. The van der Waals surface area contributed by atoms with E-state index in [0.29, 0.717) is 12.8 Å². The number of nitrogens with one attached hydrogen (secondary N) is 1. The molecule has 1 amide bonds. The fourth-order valence-electron chi connectivity index (χ4n) is 3.72. The lowest BCUT2D eigenvalue weighted by Crippen LogP contribution is -2.61. The minimum Gasteiger partial charge on any atom is -0.465 e. The summed E-state index contributed by atoms with van der Waals surface area (Å²) in [5, 5.41) is 11.9. The van der Waals surface area contributed by atoms with Gasteiger partial charge in [-0.3, -0.25) is 0 Å². The number of benzene rings is 2. The van der Waals surface area contributed by atoms with Gasteiger partial charge in [0.05, 0.1) is 18.8 Å². The molecule has 0 saturated carbocycles. The van der Waals surface area contributed by atoms with E-state index in [-0.39, 0.29) is 13.2 Å². The van der Waals surface area contributed by atoms with Gasteiger partial charge in [-0.1, -0.05) is 34.1 Å². The smallest absolute Gasteiger partial charge is 0.405 e. The van der Waals surface area contributed by atoms with E-state index in [1.807, 2.05) is 38.1 Å². The number of amides is 1. The summed E-state index contributed by atoms with van der Waals surface area (Å²) in [6.07, 6.45) is 1.02. The standard InChI is InChI=1S/C22H24BrNO5/c1-21(2)27-12-22(13-28-21,24-20(25)26)8-7-14-3-6-18-16(9-14)10-15-4-5-17(23)11-19(15)29-18/h3-6,9,11,24H,7-8,10,12-13H2,1-2H3,(H,25,26). The molecule has 154 valence electrons. The van der Waals surface area contributed by atoms with Crippen molar-refractivity contribution in [1.29, 1.82) is 0 Å². The van der Waals surface area contributed by atoms with E-state index < -0.39 is 17.4 Å². The molecule has 2 aromatic rings. The van der Waals surface area contributed by atoms with Crippen LogP contribution in [0.5, 0.6) is 11.5 Å². The van der Waals surface area contributed by atoms with Crippen LogP contribution in [-0.4, -0.2) is 35.7 Å². The van der Waals surface area contributed by atoms with Crippen molar-refractivity contribution < 1.29 is 24.1 Å². The molecule has 1 fully saturated rings. The molecule has 0 aliphatic carbocycles. The van der Waals surface area contributed by atoms with Crippen molar-refractivity contribution in [1.82, 2.24) is 5.32 Å². The van der Waals surface area contributed by atoms with Crippen molar-refractivity contribution in [3.8, 4) is 11.5 Å². The molecule has 2 aliphatic heterocycles. The molecule has 7 heteroatoms. The first-order chi connectivity index (χ1) is 13.7. The molecule has 2 aromatic carbocycles. The average molecular weight is 462 g/mol. The Balaban J connectivity index is 1.48. The Labute approximate surface area is 178 Å². The lowest BCUT2D eigenvalue weighted by Gasteiger charge is -2.43. The summed E-state index contributed by atoms with van der Waals surface area (Å²) in [4.78, 5) is 11.3. The van der Waals surface area contributed by atoms with E-state index in [1.165, 1.54) is 0 Å². The van der Waals surface area contributed by atoms with Crippen LogP contribution in [0.1, 0.15) is 37.0 Å². The van der Waals surface area contributed by atoms with Crippen LogP contribution in [0.4, 0.5) is 4.79 Å². The van der Waals surface area contributed by atoms with Gasteiger partial charge in [0, 0.05) is 10.9 Å². The number of fused-ring (bicyclic) bond motifs is 2. The van der Waals surface area contributed by atoms with Crippen molar-refractivity contribution in [2.75, 3.05) is 13.2 Å². The molecule has 2 N–H and O–H groups in total. The third kappa shape index (κ3) is 4.57. The number of halogens is 1. The Bertz CT molecular complexity index is 933. The fourth-order valence-corrected chi connectivity index (χ4v) is 4.06. The second kappa shape index (κ2) is 7.63. The molecule has 0 spiro atoms. The van der Waals surface area contributed by atoms with Gasteiger partial charge in [0.1, 0.15) is 11.5 Å². The molecule has 0 atom stereocenters. The molecule has 0 bridgehead atoms. The van der Waals surface area contributed by atoms with Crippen LogP contribution in [0, 0.1) is 0 Å². The summed E-state index contributed by atoms with van der Waals surface area (Å²) in [6, 6.07) is 12.2. The van der Waals surface area contributed by atoms with Crippen LogP contribution in [0.15, 0.2) is 40.9 Å². The molecule has 0 radical (unpaired) electrons. The SMILES string of the molecule is CC1(C)OCC(CCc2ccc3c(c2)Cc2ccc(Br)cc2O3)(NC(=O)O)CO1. The van der Waals surface area contributed by atoms with Gasteiger partial charge < -0.3 is 24.6 Å². The maximum atomic E-state index is 11.3. The van der Waals surface area contributed by atoms with Gasteiger partial charge in [0.15, 0.2) is 5.79 Å². The van der Waals surface area contributed by atoms with Crippen LogP contribution in [0.3, 0.4) is 0 Å². The molecule has 1 saturated heterocycles. The zero-order chi connectivity index (χ0) is 20.6. The van der Waals surface area contributed by atoms with E-state index in [2.05, 4.69) is 33.4 Å². The van der Waals surface area contributed by atoms with Gasteiger partial charge in [0.25, 0.3) is 0 Å². The first-order valence-corrected chi connectivity index (χ1v) is 10.4. The third-order valence-corrected chi connectivity index (χ3v) is 5.90. The Hall–Kier alpha value is -2.09. The Kier molecular flexibility index (Phi) is 5.31. The first-order valence-electron chi connectivity index (χ1n) is 9.61. The van der Waals surface area contributed by atoms with Crippen molar-refractivity contribution >= 4 is 22.0 Å². The van der Waals surface area contributed by atoms with Crippen LogP contribution in [0.25, 0.3) is 0 Å². The fraction of sp³-hybridized carbons (Fsp3) is 0.409. The predicted octanol–water partition coefficient (Wildman–Crippen LogP) is 4.87. The molecular formula is C22H24BrNO5. The van der Waals surface area contributed by atoms with Gasteiger partial charge in [-0.05, 0) is 61.6 Å². The van der Waals surface area contributed by atoms with E-state index in [1.54, 1.807) is 0 Å². The number of hydrogen-bond donors (Lipinski definition) is 2. The molecule has 0 unspecified atom stereocenters. The molecule has 2 aliphatic rings. The molecule has 4 rings (SSSR count). The summed E-state index contributed by atoms with van der Waals surface area (Å²) >= 11 is 3.48. The highest BCUT2D eigenvalue weighted by molar-refractivity contribution is 9.10. The molecule has 0 aromatic heterocycles. The number of rotatable bonds is 4. The number of carbonyl (C=O) groups is 1. The van der Waals surface area contributed by atoms with Gasteiger partial charge in [0.2, 0.25) is 0 Å². The maximum absolute atomic E-state index is 11.3. The zero-order valence-corrected chi connectivity index (χ0v) is 18.0. The van der Waals surface area contributed by atoms with Crippen LogP contribution in [0.2, 0.25) is 0 Å². The van der Waals surface area contributed by atoms with Crippen molar-refractivity contribution in [3.63, 3.8) is 0 Å². The largest absolute Gasteiger partial charge is 0.465 e. The molecular weight excluding hydrogens is 438 g/mol. The summed E-state index contributed by atoms with van der Waals surface area (Å²) in [5.41, 5.74) is 2.66. The Morgan fingerprint density at radius 3 is 2.59 bits per heavy atom. The molecule has 29 heavy (non-hydrogen) atoms. The van der Waals surface area contributed by atoms with Crippen LogP contribution < -0.4 is 10.1 Å². The van der Waals surface area contributed by atoms with E-state index in [9.17, 15) is 9.90 Å². The lowest BCUT2D eigenvalue weighted by molar-refractivity contribution is -0.271. The summed E-state index contributed by atoms with van der Waals surface area (Å²) in [7, 11) is 0. The van der Waals surface area contributed by atoms with E-state index >= 15 is 0 Å². The van der Waals surface area contributed by atoms with Crippen LogP contribution >= 0.6 is 15.9 Å². The van der Waals surface area contributed by atoms with Crippen molar-refractivity contribution in [2.45, 2.75) is 44.4 Å². The number of carboxylic acid groups (broad SMARTS) is 1. The zero-order valence-electron chi connectivity index (χ0n) is 16.5. The third-order valence-electron chi connectivity index (χ3n) is 5.41. The number of aryl methyl sites for hydroxylation is 1. The van der Waals surface area contributed by atoms with E-state index in [0.717, 1.165) is 39.1 Å². The first kappa shape index (κ1) is 20.2. The summed E-state index contributed by atoms with van der Waals surface area (Å²) < 4.78 is 18.5. The Morgan fingerprint density at radius 2 is 1.86 bits per heavy atom. The number of hydrogen-bond acceptors (Lipinski definition) is 4. The van der Waals surface area contributed by atoms with Crippen molar-refractivity contribution in [3.05, 3.63) is 57.6 Å². The van der Waals surface area contributed by atoms with E-state index in [4.69, 9.17) is 14.2 Å².